The topological polar surface area (TPSA) is 61.4 Å². The second-order valence-corrected chi connectivity index (χ2v) is 9.23. The summed E-state index contributed by atoms with van der Waals surface area (Å²) in [7, 11) is 0. The van der Waals surface area contributed by atoms with Crippen molar-refractivity contribution in [3.63, 3.8) is 0 Å². The molecule has 178 valence electrons. The minimum Gasteiger partial charge on any atom is -0.305 e. The summed E-state index contributed by atoms with van der Waals surface area (Å²) < 4.78 is 44.5. The van der Waals surface area contributed by atoms with Crippen molar-refractivity contribution >= 4 is 23.2 Å². The van der Waals surface area contributed by atoms with Gasteiger partial charge in [-0.25, -0.2) is 0 Å². The molecule has 2 aliphatic rings. The predicted octanol–water partition coefficient (Wildman–Crippen LogP) is 6.09. The Morgan fingerprint density at radius 2 is 1.64 bits per heavy atom. The normalized spacial score (nSPS) is 16.2. The van der Waals surface area contributed by atoms with Crippen LogP contribution in [0.5, 0.6) is 0 Å². The van der Waals surface area contributed by atoms with Gasteiger partial charge in [-0.1, -0.05) is 43.0 Å². The van der Waals surface area contributed by atoms with Gasteiger partial charge in [-0.15, -0.1) is 10.2 Å². The summed E-state index contributed by atoms with van der Waals surface area (Å²) in [5, 5.41) is 14.1. The van der Waals surface area contributed by atoms with Crippen LogP contribution in [0.15, 0.2) is 24.5 Å². The van der Waals surface area contributed by atoms with E-state index in [4.69, 9.17) is 5.10 Å². The fraction of sp³-hybridized carbons (Fsp3) is 0.524. The summed E-state index contributed by atoms with van der Waals surface area (Å²) in [5.74, 6) is 1.91. The number of rotatable bonds is 3. The van der Waals surface area contributed by atoms with E-state index in [2.05, 4.69) is 54.6 Å². The Labute approximate surface area is 197 Å². The van der Waals surface area contributed by atoms with E-state index >= 15 is 0 Å². The highest BCUT2D eigenvalue weighted by atomic mass is 35.5. The predicted molar refractivity (Wildman–Crippen MR) is 117 cm³/mol. The number of aryl methyl sites for hydroxylation is 1. The zero-order valence-corrected chi connectivity index (χ0v) is 19.3. The first-order valence-corrected chi connectivity index (χ1v) is 11.4. The van der Waals surface area contributed by atoms with Gasteiger partial charge in [0.1, 0.15) is 5.69 Å². The average Bonchev–Trinajstić information content (AvgIpc) is 3.50. The number of nitrogens with zero attached hydrogens (tertiary/aromatic N) is 6. The highest BCUT2D eigenvalue weighted by Crippen LogP contribution is 2.41. The van der Waals surface area contributed by atoms with Crippen molar-refractivity contribution in [1.82, 2.24) is 29.5 Å². The summed E-state index contributed by atoms with van der Waals surface area (Å²) in [4.78, 5) is 4.11. The smallest absolute Gasteiger partial charge is 0.305 e. The van der Waals surface area contributed by atoms with E-state index < -0.39 is 10.8 Å². The van der Waals surface area contributed by atoms with Crippen LogP contribution in [0.2, 0.25) is 0 Å². The molecule has 3 aromatic heterocycles. The molecule has 0 spiro atoms. The monoisotopic (exact) mass is 504 g/mol. The summed E-state index contributed by atoms with van der Waals surface area (Å²) in [5.41, 5.74) is 4.90. The maximum absolute atomic E-state index is 11.3. The third kappa shape index (κ3) is 4.73. The van der Waals surface area contributed by atoms with Crippen LogP contribution in [-0.4, -0.2) is 40.3 Å². The Hall–Kier alpha value is -2.20. The second-order valence-electron chi connectivity index (χ2n) is 7.99. The lowest BCUT2D eigenvalue weighted by Crippen LogP contribution is -2.28. The molecule has 1 saturated carbocycles. The lowest BCUT2D eigenvalue weighted by Gasteiger charge is -2.20. The molecule has 0 saturated heterocycles. The van der Waals surface area contributed by atoms with Gasteiger partial charge < -0.3 is 4.57 Å². The van der Waals surface area contributed by atoms with Gasteiger partial charge in [0.05, 0.1) is 11.7 Å². The van der Waals surface area contributed by atoms with Crippen molar-refractivity contribution in [1.29, 1.82) is 0 Å². The molecular formula is C21H22Cl2F4N6. The average molecular weight is 505 g/mol. The van der Waals surface area contributed by atoms with E-state index in [1.165, 1.54) is 42.6 Å². The minimum absolute atomic E-state index is 0.515. The van der Waals surface area contributed by atoms with Gasteiger partial charge in [0.15, 0.2) is 11.6 Å². The second kappa shape index (κ2) is 9.21. The number of fused-ring (bicyclic) bond motifs is 3. The first-order valence-electron chi connectivity index (χ1n) is 10.7. The van der Waals surface area contributed by atoms with Crippen molar-refractivity contribution in [3.05, 3.63) is 35.8 Å². The largest absolute Gasteiger partial charge is 0.452 e. The fourth-order valence-electron chi connectivity index (χ4n) is 4.34. The molecule has 0 atom stereocenters. The highest BCUT2D eigenvalue weighted by molar-refractivity contribution is 6.47. The number of hydrogen-bond acceptors (Lipinski definition) is 4. The summed E-state index contributed by atoms with van der Waals surface area (Å²) in [6, 6.07) is 4.51. The van der Waals surface area contributed by atoms with Gasteiger partial charge in [-0.3, -0.25) is 9.67 Å². The zero-order valence-electron chi connectivity index (χ0n) is 17.8. The molecule has 0 amide bonds. The Kier molecular flexibility index (Phi) is 6.68. The Balaban J connectivity index is 0.000000281. The van der Waals surface area contributed by atoms with Gasteiger partial charge in [0, 0.05) is 30.1 Å². The van der Waals surface area contributed by atoms with Gasteiger partial charge in [-0.2, -0.15) is 22.7 Å². The van der Waals surface area contributed by atoms with E-state index in [9.17, 15) is 17.6 Å². The molecule has 5 rings (SSSR count). The van der Waals surface area contributed by atoms with E-state index in [1.807, 2.05) is 24.5 Å². The Morgan fingerprint density at radius 1 is 1.03 bits per heavy atom. The molecule has 0 aromatic carbocycles. The quantitative estimate of drug-likeness (QED) is 0.320. The zero-order chi connectivity index (χ0) is 23.8. The molecule has 1 fully saturated rings. The maximum Gasteiger partial charge on any atom is 0.452 e. The molecular weight excluding hydrogens is 483 g/mol. The maximum atomic E-state index is 11.3. The van der Waals surface area contributed by atoms with E-state index in [0.717, 1.165) is 36.6 Å². The molecule has 12 heteroatoms. The minimum atomic E-state index is -5.20. The number of halogens is 6. The lowest BCUT2D eigenvalue weighted by molar-refractivity contribution is -0.170. The van der Waals surface area contributed by atoms with Crippen LogP contribution in [0.3, 0.4) is 0 Å². The first-order chi connectivity index (χ1) is 15.6. The van der Waals surface area contributed by atoms with Gasteiger partial charge >= 0.3 is 10.8 Å². The molecule has 6 nitrogen and oxygen atoms in total. The molecule has 0 N–H and O–H groups in total. The standard InChI is InChI=1S/C19H22N6.C2Cl2F4/c1-2-16-15-9-12-24-18(13-7-10-20-11-8-13)21-22-19(24)17(15)25(23-16)14-5-3-4-6-14;3-1(4,5)2(6,7)8/h7-8,10-11,14H,2-6,9,12H2,1H3;. The summed E-state index contributed by atoms with van der Waals surface area (Å²) in [6.07, 6.45) is 5.46. The van der Waals surface area contributed by atoms with Crippen LogP contribution in [0.25, 0.3) is 22.9 Å². The van der Waals surface area contributed by atoms with E-state index in [1.54, 1.807) is 0 Å². The summed E-state index contributed by atoms with van der Waals surface area (Å²) >= 11 is 7.97. The molecule has 0 unspecified atom stereocenters. The molecule has 1 aliphatic heterocycles. The fourth-order valence-corrected chi connectivity index (χ4v) is 4.34. The lowest BCUT2D eigenvalue weighted by atomic mass is 10.0. The Morgan fingerprint density at radius 3 is 2.21 bits per heavy atom. The van der Waals surface area contributed by atoms with Crippen molar-refractivity contribution < 1.29 is 17.6 Å². The van der Waals surface area contributed by atoms with Crippen molar-refractivity contribution in [3.8, 4) is 22.9 Å². The molecule has 3 aromatic rings. The van der Waals surface area contributed by atoms with Gasteiger partial charge in [0.25, 0.3) is 0 Å². The third-order valence-electron chi connectivity index (χ3n) is 5.91. The van der Waals surface area contributed by atoms with Crippen molar-refractivity contribution in [2.45, 2.75) is 68.8 Å². The SMILES string of the molecule is CCc1nn(C2CCCC2)c2c1CCn1c(-c3ccncc3)nnc1-2.FC(F)(F)C(F)(Cl)Cl. The van der Waals surface area contributed by atoms with Crippen LogP contribution in [0.1, 0.15) is 49.9 Å². The van der Waals surface area contributed by atoms with Crippen molar-refractivity contribution in [2.24, 2.45) is 0 Å². The van der Waals surface area contributed by atoms with Crippen LogP contribution in [-0.2, 0) is 19.4 Å². The van der Waals surface area contributed by atoms with E-state index in [-0.39, 0.29) is 0 Å². The Bertz CT molecular complexity index is 1090. The van der Waals surface area contributed by atoms with Crippen molar-refractivity contribution in [2.75, 3.05) is 0 Å². The summed E-state index contributed by atoms with van der Waals surface area (Å²) in [6.45, 7) is 3.11. The molecule has 33 heavy (non-hydrogen) atoms. The van der Waals surface area contributed by atoms with E-state index in [0.29, 0.717) is 6.04 Å². The van der Waals surface area contributed by atoms with Gasteiger partial charge in [0.2, 0.25) is 0 Å². The first kappa shape index (κ1) is 23.9. The van der Waals surface area contributed by atoms with Crippen LogP contribution >= 0.6 is 23.2 Å². The van der Waals surface area contributed by atoms with Crippen LogP contribution < -0.4 is 0 Å². The molecule has 0 bridgehead atoms. The third-order valence-corrected chi connectivity index (χ3v) is 6.33. The number of hydrogen-bond donors (Lipinski definition) is 0. The number of pyridine rings is 1. The highest BCUT2D eigenvalue weighted by Gasteiger charge is 2.53. The molecule has 1 aliphatic carbocycles. The van der Waals surface area contributed by atoms with Crippen LogP contribution in [0.4, 0.5) is 17.6 Å². The molecule has 4 heterocycles. The van der Waals surface area contributed by atoms with Crippen LogP contribution in [0, 0.1) is 0 Å². The number of alkyl halides is 6. The molecule has 0 radical (unpaired) electrons. The van der Waals surface area contributed by atoms with Gasteiger partial charge in [-0.05, 0) is 37.8 Å². The number of aromatic nitrogens is 6.